The van der Waals surface area contributed by atoms with Crippen molar-refractivity contribution in [2.75, 3.05) is 39.9 Å². The fourth-order valence-electron chi connectivity index (χ4n) is 3.22. The first kappa shape index (κ1) is 17.9. The summed E-state index contributed by atoms with van der Waals surface area (Å²) >= 11 is 1.41. The molecular formula is C18H21N4O4S+. The quantitative estimate of drug-likeness (QED) is 0.647. The normalized spacial score (nSPS) is 16.0. The Morgan fingerprint density at radius 2 is 2.22 bits per heavy atom. The van der Waals surface area contributed by atoms with Gasteiger partial charge in [0.15, 0.2) is 12.4 Å². The van der Waals surface area contributed by atoms with Crippen molar-refractivity contribution in [3.63, 3.8) is 0 Å². The Bertz CT molecular complexity index is 989. The third-order valence-corrected chi connectivity index (χ3v) is 5.44. The summed E-state index contributed by atoms with van der Waals surface area (Å²) < 4.78 is 10.7. The summed E-state index contributed by atoms with van der Waals surface area (Å²) in [7, 11) is 1.92. The largest absolute Gasteiger partial charge is 0.464 e. The zero-order valence-corrected chi connectivity index (χ0v) is 15.8. The van der Waals surface area contributed by atoms with Crippen LogP contribution in [0, 0.1) is 0 Å². The molecule has 0 bridgehead atoms. The number of furan rings is 1. The molecule has 4 rings (SSSR count). The second-order valence-electron chi connectivity index (χ2n) is 6.62. The number of hydrogen-bond donors (Lipinski definition) is 2. The molecule has 0 aromatic carbocycles. The summed E-state index contributed by atoms with van der Waals surface area (Å²) in [6, 6.07) is 3.61. The molecule has 3 aromatic heterocycles. The number of fused-ring (bicyclic) bond motifs is 1. The van der Waals surface area contributed by atoms with Crippen LogP contribution in [0.5, 0.6) is 0 Å². The summed E-state index contributed by atoms with van der Waals surface area (Å²) in [5.41, 5.74) is 0.568. The number of hydrogen-bond acceptors (Lipinski definition) is 6. The summed E-state index contributed by atoms with van der Waals surface area (Å²) in [4.78, 5) is 35.9. The van der Waals surface area contributed by atoms with Gasteiger partial charge in [0.25, 0.3) is 11.5 Å². The molecular weight excluding hydrogens is 368 g/mol. The number of carbonyl (C=O) groups excluding carboxylic acids is 1. The highest BCUT2D eigenvalue weighted by Crippen LogP contribution is 2.30. The van der Waals surface area contributed by atoms with Crippen molar-refractivity contribution >= 4 is 27.5 Å². The molecule has 1 atom stereocenters. The van der Waals surface area contributed by atoms with E-state index in [1.807, 2.05) is 23.4 Å². The average Bonchev–Trinajstić information content (AvgIpc) is 3.31. The van der Waals surface area contributed by atoms with Crippen molar-refractivity contribution in [2.45, 2.75) is 6.54 Å². The topological polar surface area (TPSA) is 92.9 Å². The van der Waals surface area contributed by atoms with E-state index in [4.69, 9.17) is 9.15 Å². The lowest BCUT2D eigenvalue weighted by atomic mass is 10.2. The second kappa shape index (κ2) is 7.63. The lowest BCUT2D eigenvalue weighted by molar-refractivity contribution is -0.886. The number of morpholine rings is 1. The van der Waals surface area contributed by atoms with Gasteiger partial charge in [-0.15, -0.1) is 11.3 Å². The van der Waals surface area contributed by atoms with Crippen molar-refractivity contribution < 1.29 is 18.8 Å². The first-order valence-corrected chi connectivity index (χ1v) is 9.71. The van der Waals surface area contributed by atoms with Crippen LogP contribution in [0.15, 0.2) is 33.0 Å². The van der Waals surface area contributed by atoms with E-state index in [1.54, 1.807) is 12.3 Å². The third kappa shape index (κ3) is 3.80. The third-order valence-electron chi connectivity index (χ3n) is 4.57. The zero-order valence-electron chi connectivity index (χ0n) is 15.0. The summed E-state index contributed by atoms with van der Waals surface area (Å²) in [6.07, 6.45) is 1.58. The first-order chi connectivity index (χ1) is 13.1. The Morgan fingerprint density at radius 3 is 2.96 bits per heavy atom. The van der Waals surface area contributed by atoms with Gasteiger partial charge >= 0.3 is 0 Å². The van der Waals surface area contributed by atoms with Gasteiger partial charge in [-0.1, -0.05) is 0 Å². The SMILES string of the molecule is C[NH+](CC(=O)N1CCOCC1)Cc1nc2scc(-c3ccco3)c2c(=O)[nH]1. The number of nitrogens with zero attached hydrogens (tertiary/aromatic N) is 2. The molecule has 1 aliphatic heterocycles. The number of amides is 1. The van der Waals surface area contributed by atoms with E-state index in [0.29, 0.717) is 61.2 Å². The molecule has 1 unspecified atom stereocenters. The van der Waals surface area contributed by atoms with Crippen molar-refractivity contribution in [3.8, 4) is 11.3 Å². The Labute approximate surface area is 159 Å². The fourth-order valence-corrected chi connectivity index (χ4v) is 4.17. The maximum atomic E-state index is 12.6. The van der Waals surface area contributed by atoms with E-state index >= 15 is 0 Å². The van der Waals surface area contributed by atoms with Gasteiger partial charge in [0.2, 0.25) is 0 Å². The monoisotopic (exact) mass is 389 g/mol. The van der Waals surface area contributed by atoms with Gasteiger partial charge in [0.1, 0.15) is 17.1 Å². The molecule has 2 N–H and O–H groups in total. The van der Waals surface area contributed by atoms with Crippen LogP contribution in [-0.4, -0.2) is 60.7 Å². The molecule has 1 aliphatic rings. The van der Waals surface area contributed by atoms with E-state index in [-0.39, 0.29) is 11.5 Å². The number of nitrogens with one attached hydrogen (secondary N) is 2. The highest BCUT2D eigenvalue weighted by Gasteiger charge is 2.21. The molecule has 27 heavy (non-hydrogen) atoms. The van der Waals surface area contributed by atoms with Crippen molar-refractivity contribution in [1.29, 1.82) is 0 Å². The van der Waals surface area contributed by atoms with Crippen molar-refractivity contribution in [3.05, 3.63) is 40.0 Å². The van der Waals surface area contributed by atoms with Gasteiger partial charge in [0.05, 0.1) is 31.9 Å². The minimum Gasteiger partial charge on any atom is -0.464 e. The van der Waals surface area contributed by atoms with Gasteiger partial charge in [0, 0.05) is 24.0 Å². The number of ether oxygens (including phenoxy) is 1. The molecule has 1 amide bonds. The average molecular weight is 389 g/mol. The zero-order chi connectivity index (χ0) is 18.8. The summed E-state index contributed by atoms with van der Waals surface area (Å²) in [5, 5.41) is 2.43. The number of carbonyl (C=O) groups is 1. The highest BCUT2D eigenvalue weighted by atomic mass is 32.1. The van der Waals surface area contributed by atoms with E-state index in [1.165, 1.54) is 11.3 Å². The number of H-pyrrole nitrogens is 1. The molecule has 0 radical (unpaired) electrons. The maximum Gasteiger partial charge on any atom is 0.277 e. The highest BCUT2D eigenvalue weighted by molar-refractivity contribution is 7.17. The van der Waals surface area contributed by atoms with Gasteiger partial charge in [-0.2, -0.15) is 0 Å². The maximum absolute atomic E-state index is 12.6. The van der Waals surface area contributed by atoms with Crippen LogP contribution in [0.4, 0.5) is 0 Å². The van der Waals surface area contributed by atoms with Crippen molar-refractivity contribution in [2.24, 2.45) is 0 Å². The van der Waals surface area contributed by atoms with Gasteiger partial charge < -0.3 is 23.9 Å². The molecule has 9 heteroatoms. The molecule has 142 valence electrons. The minimum absolute atomic E-state index is 0.0930. The van der Waals surface area contributed by atoms with Gasteiger partial charge in [-0.05, 0) is 12.1 Å². The van der Waals surface area contributed by atoms with Crippen LogP contribution in [0.1, 0.15) is 5.82 Å². The Hall–Kier alpha value is -2.49. The van der Waals surface area contributed by atoms with Crippen LogP contribution in [0.25, 0.3) is 21.5 Å². The van der Waals surface area contributed by atoms with Crippen LogP contribution in [-0.2, 0) is 16.1 Å². The van der Waals surface area contributed by atoms with E-state index < -0.39 is 0 Å². The molecule has 8 nitrogen and oxygen atoms in total. The van der Waals surface area contributed by atoms with Crippen LogP contribution < -0.4 is 10.5 Å². The fraction of sp³-hybridized carbons (Fsp3) is 0.389. The van der Waals surface area contributed by atoms with Crippen LogP contribution in [0.2, 0.25) is 0 Å². The first-order valence-electron chi connectivity index (χ1n) is 8.83. The molecule has 0 spiro atoms. The number of aromatic amines is 1. The van der Waals surface area contributed by atoms with Gasteiger partial charge in [-0.3, -0.25) is 9.59 Å². The van der Waals surface area contributed by atoms with Crippen molar-refractivity contribution in [1.82, 2.24) is 14.9 Å². The Balaban J connectivity index is 1.49. The molecule has 3 aromatic rings. The Kier molecular flexibility index (Phi) is 5.06. The molecule has 4 heterocycles. The van der Waals surface area contributed by atoms with Gasteiger partial charge in [-0.25, -0.2) is 4.98 Å². The Morgan fingerprint density at radius 1 is 1.41 bits per heavy atom. The standard InChI is InChI=1S/C18H20N4O4S/c1-21(10-15(23)22-4-7-25-8-5-22)9-14-19-17(24)16-12(11-27-18(16)20-14)13-3-2-6-26-13/h2-3,6,11H,4-5,7-10H2,1H3,(H,19,20,24)/p+1. The van der Waals surface area contributed by atoms with Crippen LogP contribution in [0.3, 0.4) is 0 Å². The number of rotatable bonds is 5. The number of quaternary nitrogens is 1. The van der Waals surface area contributed by atoms with E-state index in [9.17, 15) is 9.59 Å². The lowest BCUT2D eigenvalue weighted by Crippen LogP contribution is -3.09. The molecule has 1 fully saturated rings. The lowest BCUT2D eigenvalue weighted by Gasteiger charge is -2.27. The molecule has 0 saturated carbocycles. The smallest absolute Gasteiger partial charge is 0.277 e. The predicted octanol–water partition coefficient (Wildman–Crippen LogP) is 0.118. The second-order valence-corrected chi connectivity index (χ2v) is 7.48. The number of likely N-dealkylation sites (N-methyl/N-ethyl adjacent to an activating group) is 1. The molecule has 1 saturated heterocycles. The predicted molar refractivity (Wildman–Crippen MR) is 101 cm³/mol. The molecule has 0 aliphatic carbocycles. The van der Waals surface area contributed by atoms with E-state index in [0.717, 1.165) is 10.5 Å². The van der Waals surface area contributed by atoms with E-state index in [2.05, 4.69) is 9.97 Å². The summed E-state index contributed by atoms with van der Waals surface area (Å²) in [5.74, 6) is 1.32. The van der Waals surface area contributed by atoms with Crippen LogP contribution >= 0.6 is 11.3 Å². The number of thiophene rings is 1. The minimum atomic E-state index is -0.185. The summed E-state index contributed by atoms with van der Waals surface area (Å²) in [6.45, 7) is 3.27. The number of aromatic nitrogens is 2.